The quantitative estimate of drug-likeness (QED) is 0.374. The van der Waals surface area contributed by atoms with Gasteiger partial charge >= 0.3 is 0 Å². The summed E-state index contributed by atoms with van der Waals surface area (Å²) in [6, 6.07) is 24.5. The number of hydrogen-bond acceptors (Lipinski definition) is 3. The second kappa shape index (κ2) is 7.98. The van der Waals surface area contributed by atoms with Crippen LogP contribution in [0.2, 0.25) is 0 Å². The Kier molecular flexibility index (Phi) is 5.07. The summed E-state index contributed by atoms with van der Waals surface area (Å²) in [6.07, 6.45) is 1.59. The van der Waals surface area contributed by atoms with E-state index in [1.165, 1.54) is 12.1 Å². The van der Waals surface area contributed by atoms with E-state index in [0.717, 1.165) is 11.1 Å². The average molecular weight is 385 g/mol. The van der Waals surface area contributed by atoms with Crippen LogP contribution in [0, 0.1) is 10.1 Å². The predicted molar refractivity (Wildman–Crippen MR) is 112 cm³/mol. The number of nitrogens with one attached hydrogen (secondary N) is 2. The zero-order valence-electron chi connectivity index (χ0n) is 15.5. The van der Waals surface area contributed by atoms with Crippen molar-refractivity contribution in [3.63, 3.8) is 0 Å². The Labute approximate surface area is 167 Å². The maximum Gasteiger partial charge on any atom is 0.270 e. The first-order valence-corrected chi connectivity index (χ1v) is 9.27. The molecular formula is C23H19N3O3. The van der Waals surface area contributed by atoms with Crippen molar-refractivity contribution in [1.82, 2.24) is 10.3 Å². The highest BCUT2D eigenvalue weighted by Gasteiger charge is 2.18. The molecule has 0 unspecified atom stereocenters. The molecule has 0 fully saturated rings. The van der Waals surface area contributed by atoms with Gasteiger partial charge in [-0.05, 0) is 17.2 Å². The van der Waals surface area contributed by atoms with Crippen LogP contribution in [0.25, 0.3) is 10.9 Å². The van der Waals surface area contributed by atoms with Crippen LogP contribution in [0.4, 0.5) is 5.69 Å². The van der Waals surface area contributed by atoms with Crippen LogP contribution < -0.4 is 5.32 Å². The molecule has 1 heterocycles. The molecule has 0 saturated carbocycles. The van der Waals surface area contributed by atoms with Crippen LogP contribution in [0.3, 0.4) is 0 Å². The molecule has 144 valence electrons. The van der Waals surface area contributed by atoms with E-state index in [1.54, 1.807) is 12.3 Å². The summed E-state index contributed by atoms with van der Waals surface area (Å²) in [5, 5.41) is 14.6. The smallest absolute Gasteiger partial charge is 0.270 e. The molecule has 6 heteroatoms. The molecule has 0 bridgehead atoms. The molecule has 6 nitrogen and oxygen atoms in total. The van der Waals surface area contributed by atoms with E-state index in [0.29, 0.717) is 23.0 Å². The van der Waals surface area contributed by atoms with Gasteiger partial charge in [-0.15, -0.1) is 0 Å². The summed E-state index contributed by atoms with van der Waals surface area (Å²) in [5.74, 6) is -0.269. The average Bonchev–Trinajstić information content (AvgIpc) is 3.18. The molecule has 1 amide bonds. The molecule has 0 spiro atoms. The largest absolute Gasteiger partial charge is 0.360 e. The van der Waals surface area contributed by atoms with Crippen molar-refractivity contribution in [3.05, 3.63) is 112 Å². The van der Waals surface area contributed by atoms with E-state index in [2.05, 4.69) is 10.3 Å². The van der Waals surface area contributed by atoms with E-state index in [-0.39, 0.29) is 17.5 Å². The minimum atomic E-state index is -0.463. The van der Waals surface area contributed by atoms with Gasteiger partial charge in [0.15, 0.2) is 0 Å². The van der Waals surface area contributed by atoms with Crippen LogP contribution >= 0.6 is 0 Å². The fraction of sp³-hybridized carbons (Fsp3) is 0.0870. The Hall–Kier alpha value is -3.93. The predicted octanol–water partition coefficient (Wildman–Crippen LogP) is 4.64. The number of fused-ring (bicyclic) bond motifs is 1. The number of H-pyrrole nitrogens is 1. The van der Waals surface area contributed by atoms with E-state index < -0.39 is 4.92 Å². The van der Waals surface area contributed by atoms with Gasteiger partial charge in [-0.25, -0.2) is 0 Å². The Morgan fingerprint density at radius 1 is 0.966 bits per heavy atom. The van der Waals surface area contributed by atoms with Crippen molar-refractivity contribution in [2.24, 2.45) is 0 Å². The van der Waals surface area contributed by atoms with E-state index >= 15 is 0 Å². The molecule has 0 atom stereocenters. The molecule has 0 aliphatic carbocycles. The number of non-ortho nitro benzene ring substituents is 1. The number of nitrogens with zero attached hydrogens (tertiary/aromatic N) is 1. The molecule has 3 aromatic carbocycles. The summed E-state index contributed by atoms with van der Waals surface area (Å²) < 4.78 is 0. The molecule has 0 saturated heterocycles. The Bertz CT molecular complexity index is 1110. The number of aromatic amines is 1. The zero-order chi connectivity index (χ0) is 20.2. The number of hydrogen-bond donors (Lipinski definition) is 2. The van der Waals surface area contributed by atoms with Gasteiger partial charge < -0.3 is 10.3 Å². The van der Waals surface area contributed by atoms with Crippen LogP contribution in [0.15, 0.2) is 85.1 Å². The van der Waals surface area contributed by atoms with E-state index in [1.807, 2.05) is 60.7 Å². The first-order chi connectivity index (χ1) is 14.1. The molecule has 0 radical (unpaired) electrons. The van der Waals surface area contributed by atoms with Crippen LogP contribution in [0.5, 0.6) is 0 Å². The highest BCUT2D eigenvalue weighted by atomic mass is 16.6. The van der Waals surface area contributed by atoms with Crippen molar-refractivity contribution < 1.29 is 9.72 Å². The number of amides is 1. The van der Waals surface area contributed by atoms with Crippen LogP contribution in [-0.4, -0.2) is 22.4 Å². The number of aromatic nitrogens is 1. The molecule has 29 heavy (non-hydrogen) atoms. The molecular weight excluding hydrogens is 366 g/mol. The number of carbonyl (C=O) groups excluding carboxylic acids is 1. The minimum Gasteiger partial charge on any atom is -0.360 e. The van der Waals surface area contributed by atoms with E-state index in [4.69, 9.17) is 0 Å². The van der Waals surface area contributed by atoms with Crippen molar-refractivity contribution in [1.29, 1.82) is 0 Å². The van der Waals surface area contributed by atoms with Gasteiger partial charge in [-0.2, -0.15) is 0 Å². The summed E-state index contributed by atoms with van der Waals surface area (Å²) in [7, 11) is 0. The standard InChI is InChI=1S/C23H19N3O3/c27-23(21-15-24-22-12-11-18(26(28)29)13-19(21)22)25-14-20(16-7-3-1-4-8-16)17-9-5-2-6-10-17/h1-13,15,20,24H,14H2,(H,25,27). The Morgan fingerprint density at radius 2 is 1.59 bits per heavy atom. The number of nitro benzene ring substituents is 1. The Morgan fingerprint density at radius 3 is 2.17 bits per heavy atom. The topological polar surface area (TPSA) is 88.0 Å². The lowest BCUT2D eigenvalue weighted by Crippen LogP contribution is -2.28. The first-order valence-electron chi connectivity index (χ1n) is 9.27. The monoisotopic (exact) mass is 385 g/mol. The highest BCUT2D eigenvalue weighted by Crippen LogP contribution is 2.26. The lowest BCUT2D eigenvalue weighted by molar-refractivity contribution is -0.384. The van der Waals surface area contributed by atoms with Crippen molar-refractivity contribution in [2.45, 2.75) is 5.92 Å². The van der Waals surface area contributed by atoms with E-state index in [9.17, 15) is 14.9 Å². The van der Waals surface area contributed by atoms with Gasteiger partial charge in [-0.3, -0.25) is 14.9 Å². The number of benzene rings is 3. The summed E-state index contributed by atoms with van der Waals surface area (Å²) in [4.78, 5) is 26.5. The van der Waals surface area contributed by atoms with Crippen molar-refractivity contribution in [2.75, 3.05) is 6.54 Å². The zero-order valence-corrected chi connectivity index (χ0v) is 15.5. The third kappa shape index (κ3) is 3.87. The lowest BCUT2D eigenvalue weighted by atomic mass is 9.91. The highest BCUT2D eigenvalue weighted by molar-refractivity contribution is 6.07. The summed E-state index contributed by atoms with van der Waals surface area (Å²) in [6.45, 7) is 0.411. The van der Waals surface area contributed by atoms with Gasteiger partial charge in [0.05, 0.1) is 10.5 Å². The molecule has 0 aliphatic rings. The molecule has 4 rings (SSSR count). The SMILES string of the molecule is O=C(NCC(c1ccccc1)c1ccccc1)c1c[nH]c2ccc([N+](=O)[O-])cc12. The molecule has 1 aromatic heterocycles. The Balaban J connectivity index is 1.60. The van der Waals surface area contributed by atoms with Crippen LogP contribution in [-0.2, 0) is 0 Å². The summed E-state index contributed by atoms with van der Waals surface area (Å²) >= 11 is 0. The third-order valence-corrected chi connectivity index (χ3v) is 4.99. The minimum absolute atomic E-state index is 0.000826. The second-order valence-electron chi connectivity index (χ2n) is 6.77. The molecule has 4 aromatic rings. The van der Waals surface area contributed by atoms with Gasteiger partial charge in [0, 0.05) is 41.7 Å². The fourth-order valence-electron chi connectivity index (χ4n) is 3.50. The number of rotatable bonds is 6. The van der Waals surface area contributed by atoms with Crippen molar-refractivity contribution in [3.8, 4) is 0 Å². The summed E-state index contributed by atoms with van der Waals surface area (Å²) in [5.41, 5.74) is 3.24. The first kappa shape index (κ1) is 18.4. The van der Waals surface area contributed by atoms with Crippen molar-refractivity contribution >= 4 is 22.5 Å². The normalized spacial score (nSPS) is 10.9. The van der Waals surface area contributed by atoms with Gasteiger partial charge in [0.2, 0.25) is 0 Å². The third-order valence-electron chi connectivity index (χ3n) is 4.99. The van der Waals surface area contributed by atoms with Crippen LogP contribution in [0.1, 0.15) is 27.4 Å². The maximum absolute atomic E-state index is 12.9. The lowest BCUT2D eigenvalue weighted by Gasteiger charge is -2.18. The van der Waals surface area contributed by atoms with Gasteiger partial charge in [0.1, 0.15) is 0 Å². The fourth-order valence-corrected chi connectivity index (χ4v) is 3.50. The maximum atomic E-state index is 12.9. The molecule has 2 N–H and O–H groups in total. The number of nitro groups is 1. The second-order valence-corrected chi connectivity index (χ2v) is 6.77. The molecule has 0 aliphatic heterocycles. The number of carbonyl (C=O) groups is 1. The van der Waals surface area contributed by atoms with Gasteiger partial charge in [0.25, 0.3) is 11.6 Å². The van der Waals surface area contributed by atoms with Gasteiger partial charge in [-0.1, -0.05) is 60.7 Å².